The number of amides is 1. The second-order valence-corrected chi connectivity index (χ2v) is 17.4. The Balaban J connectivity index is 3.51. The number of unbranched alkanes of at least 4 members (excludes halogenated alkanes) is 38. The van der Waals surface area contributed by atoms with Gasteiger partial charge in [0.05, 0.1) is 18.8 Å². The van der Waals surface area contributed by atoms with E-state index in [4.69, 9.17) is 0 Å². The third-order valence-corrected chi connectivity index (χ3v) is 12.0. The summed E-state index contributed by atoms with van der Waals surface area (Å²) < 4.78 is 0. The van der Waals surface area contributed by atoms with Gasteiger partial charge in [0, 0.05) is 0 Å². The van der Waals surface area contributed by atoms with E-state index in [9.17, 15) is 20.1 Å². The summed E-state index contributed by atoms with van der Waals surface area (Å²) in [5.74, 6) is -0.465. The van der Waals surface area contributed by atoms with Gasteiger partial charge in [0.1, 0.15) is 6.10 Å². The molecule has 0 aliphatic carbocycles. The number of hydrogen-bond donors (Lipinski definition) is 4. The molecule has 0 spiro atoms. The van der Waals surface area contributed by atoms with Gasteiger partial charge in [-0.1, -0.05) is 271 Å². The second-order valence-electron chi connectivity index (χ2n) is 17.4. The van der Waals surface area contributed by atoms with E-state index >= 15 is 0 Å². The molecule has 0 heterocycles. The van der Waals surface area contributed by atoms with Crippen molar-refractivity contribution in [3.05, 3.63) is 0 Å². The predicted molar refractivity (Wildman–Crippen MR) is 236 cm³/mol. The van der Waals surface area contributed by atoms with E-state index in [1.165, 1.54) is 225 Å². The molecular formula is C49H99NO4. The van der Waals surface area contributed by atoms with Crippen molar-refractivity contribution in [2.75, 3.05) is 6.61 Å². The predicted octanol–water partition coefficient (Wildman–Crippen LogP) is 14.6. The fourth-order valence-corrected chi connectivity index (χ4v) is 8.08. The lowest BCUT2D eigenvalue weighted by Crippen LogP contribution is -2.49. The van der Waals surface area contributed by atoms with Gasteiger partial charge < -0.3 is 20.6 Å². The van der Waals surface area contributed by atoms with Crippen LogP contribution < -0.4 is 5.32 Å². The standard InChI is InChI=1S/C49H99NO4/c1-3-5-7-9-11-13-15-17-19-20-21-22-23-24-25-26-27-28-30-31-33-35-37-39-41-43-47(52)46(45-51)50-49(54)48(53)44-42-40-38-36-34-32-29-18-16-14-12-10-8-6-4-2/h46-48,51-53H,3-45H2,1-2H3,(H,50,54). The molecule has 0 saturated heterocycles. The first-order chi connectivity index (χ1) is 26.6. The SMILES string of the molecule is CCCCCCCCCCCCCCCCCCCCCCCCCCCC(O)C(CO)NC(=O)C(O)CCCCCCCCCCCCCCCCC. The van der Waals surface area contributed by atoms with Crippen LogP contribution in [-0.2, 0) is 4.79 Å². The van der Waals surface area contributed by atoms with Crippen molar-refractivity contribution in [3.63, 3.8) is 0 Å². The lowest BCUT2D eigenvalue weighted by atomic mass is 10.0. The van der Waals surface area contributed by atoms with Crippen molar-refractivity contribution < 1.29 is 20.1 Å². The lowest BCUT2D eigenvalue weighted by Gasteiger charge is -2.23. The van der Waals surface area contributed by atoms with Gasteiger partial charge in [0.15, 0.2) is 0 Å². The molecule has 1 amide bonds. The summed E-state index contributed by atoms with van der Waals surface area (Å²) in [4.78, 5) is 12.5. The minimum absolute atomic E-state index is 0.308. The molecule has 0 fully saturated rings. The van der Waals surface area contributed by atoms with E-state index in [1.807, 2.05) is 0 Å². The van der Waals surface area contributed by atoms with E-state index < -0.39 is 24.2 Å². The largest absolute Gasteiger partial charge is 0.394 e. The summed E-state index contributed by atoms with van der Waals surface area (Å²) in [5.41, 5.74) is 0. The van der Waals surface area contributed by atoms with Gasteiger partial charge >= 0.3 is 0 Å². The zero-order chi connectivity index (χ0) is 39.4. The van der Waals surface area contributed by atoms with E-state index in [-0.39, 0.29) is 6.61 Å². The van der Waals surface area contributed by atoms with Gasteiger partial charge in [0.25, 0.3) is 0 Å². The highest BCUT2D eigenvalue weighted by Crippen LogP contribution is 2.18. The molecule has 0 saturated carbocycles. The van der Waals surface area contributed by atoms with Gasteiger partial charge in [-0.05, 0) is 12.8 Å². The smallest absolute Gasteiger partial charge is 0.249 e. The van der Waals surface area contributed by atoms with Gasteiger partial charge in [0.2, 0.25) is 5.91 Å². The molecule has 0 radical (unpaired) electrons. The summed E-state index contributed by atoms with van der Waals surface area (Å²) in [7, 11) is 0. The Labute approximate surface area is 338 Å². The zero-order valence-corrected chi connectivity index (χ0v) is 36.9. The molecule has 0 aromatic carbocycles. The number of aliphatic hydroxyl groups is 3. The number of hydrogen-bond acceptors (Lipinski definition) is 4. The topological polar surface area (TPSA) is 89.8 Å². The maximum absolute atomic E-state index is 12.5. The average molecular weight is 766 g/mol. The molecule has 5 heteroatoms. The Morgan fingerprint density at radius 2 is 0.593 bits per heavy atom. The van der Waals surface area contributed by atoms with Gasteiger partial charge in [-0.25, -0.2) is 0 Å². The monoisotopic (exact) mass is 766 g/mol. The Hall–Kier alpha value is -0.650. The number of nitrogens with one attached hydrogen (secondary N) is 1. The van der Waals surface area contributed by atoms with Crippen molar-refractivity contribution in [1.29, 1.82) is 0 Å². The molecular weight excluding hydrogens is 667 g/mol. The van der Waals surface area contributed by atoms with Crippen molar-refractivity contribution in [1.82, 2.24) is 5.32 Å². The molecule has 0 aromatic rings. The van der Waals surface area contributed by atoms with Gasteiger partial charge in [-0.2, -0.15) is 0 Å². The Morgan fingerprint density at radius 3 is 0.833 bits per heavy atom. The van der Waals surface area contributed by atoms with Gasteiger partial charge in [-0.3, -0.25) is 4.79 Å². The summed E-state index contributed by atoms with van der Waals surface area (Å²) in [6.07, 6.45) is 52.7. The number of rotatable bonds is 46. The van der Waals surface area contributed by atoms with E-state index in [2.05, 4.69) is 19.2 Å². The highest BCUT2D eigenvalue weighted by Gasteiger charge is 2.23. The van der Waals surface area contributed by atoms with Crippen LogP contribution in [0.3, 0.4) is 0 Å². The van der Waals surface area contributed by atoms with Crippen LogP contribution in [0.4, 0.5) is 0 Å². The summed E-state index contributed by atoms with van der Waals surface area (Å²) in [5, 5.41) is 33.4. The van der Waals surface area contributed by atoms with Crippen molar-refractivity contribution in [3.8, 4) is 0 Å². The molecule has 0 aromatic heterocycles. The second kappa shape index (κ2) is 45.1. The maximum Gasteiger partial charge on any atom is 0.249 e. The normalized spacial score (nSPS) is 13.4. The van der Waals surface area contributed by atoms with Crippen LogP contribution in [-0.4, -0.2) is 46.1 Å². The third-order valence-electron chi connectivity index (χ3n) is 12.0. The van der Waals surface area contributed by atoms with Crippen molar-refractivity contribution in [2.24, 2.45) is 0 Å². The summed E-state index contributed by atoms with van der Waals surface area (Å²) in [6.45, 7) is 4.26. The first-order valence-electron chi connectivity index (χ1n) is 24.8. The number of carbonyl (C=O) groups is 1. The van der Waals surface area contributed by atoms with E-state index in [1.54, 1.807) is 0 Å². The zero-order valence-electron chi connectivity index (χ0n) is 36.9. The molecule has 54 heavy (non-hydrogen) atoms. The van der Waals surface area contributed by atoms with Gasteiger partial charge in [-0.15, -0.1) is 0 Å². The first kappa shape index (κ1) is 53.4. The minimum Gasteiger partial charge on any atom is -0.394 e. The Kier molecular flexibility index (Phi) is 44.5. The minimum atomic E-state index is -1.07. The van der Waals surface area contributed by atoms with E-state index in [0.717, 1.165) is 32.1 Å². The van der Waals surface area contributed by atoms with Crippen LogP contribution >= 0.6 is 0 Å². The van der Waals surface area contributed by atoms with Crippen molar-refractivity contribution in [2.45, 2.75) is 302 Å². The molecule has 0 bridgehead atoms. The lowest BCUT2D eigenvalue weighted by molar-refractivity contribution is -0.131. The quantitative estimate of drug-likeness (QED) is 0.0465. The van der Waals surface area contributed by atoms with E-state index in [0.29, 0.717) is 12.8 Å². The molecule has 3 unspecified atom stereocenters. The molecule has 3 atom stereocenters. The molecule has 0 aliphatic rings. The highest BCUT2D eigenvalue weighted by molar-refractivity contribution is 5.80. The number of carbonyl (C=O) groups excluding carboxylic acids is 1. The molecule has 324 valence electrons. The summed E-state index contributed by atoms with van der Waals surface area (Å²) in [6, 6.07) is -0.706. The summed E-state index contributed by atoms with van der Waals surface area (Å²) >= 11 is 0. The third kappa shape index (κ3) is 39.6. The Morgan fingerprint density at radius 1 is 0.370 bits per heavy atom. The molecule has 0 rings (SSSR count). The molecule has 5 nitrogen and oxygen atoms in total. The fourth-order valence-electron chi connectivity index (χ4n) is 8.08. The number of aliphatic hydroxyl groups excluding tert-OH is 3. The van der Waals surface area contributed by atoms with Crippen LogP contribution in [0.2, 0.25) is 0 Å². The average Bonchev–Trinajstić information content (AvgIpc) is 3.18. The maximum atomic E-state index is 12.5. The highest BCUT2D eigenvalue weighted by atomic mass is 16.3. The van der Waals surface area contributed by atoms with Crippen LogP contribution in [0.25, 0.3) is 0 Å². The molecule has 4 N–H and O–H groups in total. The van der Waals surface area contributed by atoms with Crippen LogP contribution in [0.5, 0.6) is 0 Å². The van der Waals surface area contributed by atoms with Crippen LogP contribution in [0.15, 0.2) is 0 Å². The Bertz CT molecular complexity index is 718. The fraction of sp³-hybridized carbons (Fsp3) is 0.980. The van der Waals surface area contributed by atoms with Crippen LogP contribution in [0.1, 0.15) is 284 Å². The molecule has 0 aliphatic heterocycles. The van der Waals surface area contributed by atoms with Crippen LogP contribution in [0, 0.1) is 0 Å². The van der Waals surface area contributed by atoms with Crippen molar-refractivity contribution >= 4 is 5.91 Å². The first-order valence-corrected chi connectivity index (χ1v) is 24.8.